The fraction of sp³-hybridized carbons (Fsp3) is 0.706. The van der Waals surface area contributed by atoms with Crippen LogP contribution in [-0.4, -0.2) is 33.7 Å². The molecule has 0 bridgehead atoms. The second kappa shape index (κ2) is 7.56. The molecule has 0 saturated heterocycles. The molecule has 122 valence electrons. The number of carbonyl (C=O) groups is 1. The lowest BCUT2D eigenvalue weighted by Gasteiger charge is -2.36. The third-order valence-corrected chi connectivity index (χ3v) is 4.69. The van der Waals surface area contributed by atoms with Gasteiger partial charge in [-0.1, -0.05) is 33.1 Å². The van der Waals surface area contributed by atoms with E-state index in [0.717, 1.165) is 19.3 Å². The first-order valence-electron chi connectivity index (χ1n) is 8.40. The van der Waals surface area contributed by atoms with Crippen LogP contribution >= 0.6 is 0 Å². The minimum Gasteiger partial charge on any atom is -0.337 e. The molecule has 2 atom stereocenters. The average Bonchev–Trinajstić information content (AvgIpc) is 2.53. The van der Waals surface area contributed by atoms with Crippen LogP contribution in [0.1, 0.15) is 62.9 Å². The fourth-order valence-corrected chi connectivity index (χ4v) is 3.23. The molecule has 1 amide bonds. The summed E-state index contributed by atoms with van der Waals surface area (Å²) in [7, 11) is 1.86. The first-order valence-corrected chi connectivity index (χ1v) is 8.40. The number of aryl methyl sites for hydroxylation is 1. The van der Waals surface area contributed by atoms with E-state index in [1.807, 2.05) is 11.9 Å². The summed E-state index contributed by atoms with van der Waals surface area (Å²) in [6.07, 6.45) is 6.53. The van der Waals surface area contributed by atoms with Crippen molar-refractivity contribution in [3.05, 3.63) is 28.2 Å². The topological polar surface area (TPSA) is 55.2 Å². The van der Waals surface area contributed by atoms with Gasteiger partial charge in [0.05, 0.1) is 0 Å². The zero-order chi connectivity index (χ0) is 16.1. The van der Waals surface area contributed by atoms with Gasteiger partial charge in [0.25, 0.3) is 11.5 Å². The second-order valence-corrected chi connectivity index (χ2v) is 6.38. The van der Waals surface area contributed by atoms with Gasteiger partial charge in [-0.05, 0) is 31.2 Å². The fourth-order valence-electron chi connectivity index (χ4n) is 3.23. The number of carbonyl (C=O) groups excluding carboxylic acids is 1. The predicted octanol–water partition coefficient (Wildman–Crippen LogP) is 2.69. The standard InChI is InChI=1S/C17H27N3O2/c1-4-5-12-20-16(21)11-10-14(18-20)17(22)19(3)15-9-7-6-8-13(15)2/h10-11,13,15H,4-9,12H2,1-3H3. The lowest BCUT2D eigenvalue weighted by atomic mass is 9.85. The highest BCUT2D eigenvalue weighted by molar-refractivity contribution is 5.92. The zero-order valence-electron chi connectivity index (χ0n) is 13.9. The Balaban J connectivity index is 2.16. The van der Waals surface area contributed by atoms with E-state index < -0.39 is 0 Å². The van der Waals surface area contributed by atoms with Crippen LogP contribution < -0.4 is 5.56 Å². The summed E-state index contributed by atoms with van der Waals surface area (Å²) in [5, 5.41) is 4.26. The Morgan fingerprint density at radius 2 is 2.09 bits per heavy atom. The molecule has 2 unspecified atom stereocenters. The lowest BCUT2D eigenvalue weighted by molar-refractivity contribution is 0.0620. The van der Waals surface area contributed by atoms with Gasteiger partial charge in [-0.2, -0.15) is 5.10 Å². The Morgan fingerprint density at radius 3 is 2.77 bits per heavy atom. The van der Waals surface area contributed by atoms with Crippen molar-refractivity contribution in [1.82, 2.24) is 14.7 Å². The average molecular weight is 305 g/mol. The van der Waals surface area contributed by atoms with Crippen molar-refractivity contribution in [1.29, 1.82) is 0 Å². The van der Waals surface area contributed by atoms with Crippen LogP contribution in [0.15, 0.2) is 16.9 Å². The highest BCUT2D eigenvalue weighted by Crippen LogP contribution is 2.27. The van der Waals surface area contributed by atoms with Crippen molar-refractivity contribution in [2.75, 3.05) is 7.05 Å². The Labute approximate surface area is 132 Å². The molecule has 0 spiro atoms. The van der Waals surface area contributed by atoms with Crippen molar-refractivity contribution in [2.45, 2.75) is 65.0 Å². The smallest absolute Gasteiger partial charge is 0.274 e. The molecule has 5 nitrogen and oxygen atoms in total. The van der Waals surface area contributed by atoms with Gasteiger partial charge in [0, 0.05) is 25.7 Å². The first-order chi connectivity index (χ1) is 10.5. The number of nitrogens with zero attached hydrogens (tertiary/aromatic N) is 3. The molecule has 1 fully saturated rings. The number of hydrogen-bond donors (Lipinski definition) is 0. The van der Waals surface area contributed by atoms with Gasteiger partial charge in [0.15, 0.2) is 0 Å². The third-order valence-electron chi connectivity index (χ3n) is 4.69. The second-order valence-electron chi connectivity index (χ2n) is 6.38. The van der Waals surface area contributed by atoms with E-state index in [2.05, 4.69) is 18.9 Å². The number of amides is 1. The molecule has 0 aliphatic heterocycles. The van der Waals surface area contributed by atoms with E-state index in [9.17, 15) is 9.59 Å². The maximum Gasteiger partial charge on any atom is 0.274 e. The molecule has 0 radical (unpaired) electrons. The van der Waals surface area contributed by atoms with E-state index >= 15 is 0 Å². The van der Waals surface area contributed by atoms with Crippen LogP contribution in [0.5, 0.6) is 0 Å². The van der Waals surface area contributed by atoms with E-state index in [4.69, 9.17) is 0 Å². The van der Waals surface area contributed by atoms with Gasteiger partial charge in [-0.25, -0.2) is 4.68 Å². The van der Waals surface area contributed by atoms with Gasteiger partial charge in [0.2, 0.25) is 0 Å². The molecular formula is C17H27N3O2. The van der Waals surface area contributed by atoms with Crippen molar-refractivity contribution in [3.63, 3.8) is 0 Å². The Hall–Kier alpha value is -1.65. The van der Waals surface area contributed by atoms with Crippen LogP contribution in [0.25, 0.3) is 0 Å². The number of hydrogen-bond acceptors (Lipinski definition) is 3. The van der Waals surface area contributed by atoms with Gasteiger partial charge in [-0.15, -0.1) is 0 Å². The van der Waals surface area contributed by atoms with Gasteiger partial charge >= 0.3 is 0 Å². The Bertz CT molecular complexity index is 567. The number of aromatic nitrogens is 2. The van der Waals surface area contributed by atoms with E-state index in [0.29, 0.717) is 18.2 Å². The summed E-state index contributed by atoms with van der Waals surface area (Å²) in [4.78, 5) is 26.3. The van der Waals surface area contributed by atoms with Crippen molar-refractivity contribution < 1.29 is 4.79 Å². The van der Waals surface area contributed by atoms with Gasteiger partial charge in [0.1, 0.15) is 5.69 Å². The maximum absolute atomic E-state index is 12.7. The molecular weight excluding hydrogens is 278 g/mol. The van der Waals surface area contributed by atoms with Crippen molar-refractivity contribution in [3.8, 4) is 0 Å². The predicted molar refractivity (Wildman–Crippen MR) is 86.9 cm³/mol. The summed E-state index contributed by atoms with van der Waals surface area (Å²) >= 11 is 0. The van der Waals surface area contributed by atoms with E-state index in [1.54, 1.807) is 6.07 Å². The summed E-state index contributed by atoms with van der Waals surface area (Å²) in [6, 6.07) is 3.28. The molecule has 1 aromatic rings. The summed E-state index contributed by atoms with van der Waals surface area (Å²) in [6.45, 7) is 4.85. The third kappa shape index (κ3) is 3.76. The Kier molecular flexibility index (Phi) is 5.75. The molecule has 0 aromatic carbocycles. The van der Waals surface area contributed by atoms with Crippen molar-refractivity contribution in [2.24, 2.45) is 5.92 Å². The quantitative estimate of drug-likeness (QED) is 0.840. The van der Waals surface area contributed by atoms with E-state index in [-0.39, 0.29) is 17.5 Å². The largest absolute Gasteiger partial charge is 0.337 e. The van der Waals surface area contributed by atoms with Crippen LogP contribution in [0.2, 0.25) is 0 Å². The zero-order valence-corrected chi connectivity index (χ0v) is 13.9. The first kappa shape index (κ1) is 16.7. The van der Waals surface area contributed by atoms with Crippen LogP contribution in [0.3, 0.4) is 0 Å². The molecule has 1 aliphatic carbocycles. The van der Waals surface area contributed by atoms with E-state index in [1.165, 1.54) is 30.0 Å². The van der Waals surface area contributed by atoms with Crippen LogP contribution in [0, 0.1) is 5.92 Å². The molecule has 1 aromatic heterocycles. The van der Waals surface area contributed by atoms with Crippen LogP contribution in [-0.2, 0) is 6.54 Å². The minimum atomic E-state index is -0.140. The highest BCUT2D eigenvalue weighted by atomic mass is 16.2. The number of unbranched alkanes of at least 4 members (excludes halogenated alkanes) is 1. The molecule has 2 rings (SSSR count). The highest BCUT2D eigenvalue weighted by Gasteiger charge is 2.29. The monoisotopic (exact) mass is 305 g/mol. The maximum atomic E-state index is 12.7. The molecule has 1 aliphatic rings. The molecule has 0 N–H and O–H groups in total. The summed E-state index contributed by atoms with van der Waals surface area (Å²) in [5.74, 6) is 0.442. The van der Waals surface area contributed by atoms with Gasteiger partial charge < -0.3 is 4.90 Å². The van der Waals surface area contributed by atoms with Crippen molar-refractivity contribution >= 4 is 5.91 Å². The Morgan fingerprint density at radius 1 is 1.36 bits per heavy atom. The van der Waals surface area contributed by atoms with Crippen LogP contribution in [0.4, 0.5) is 0 Å². The molecule has 22 heavy (non-hydrogen) atoms. The molecule has 1 saturated carbocycles. The molecule has 1 heterocycles. The molecule has 5 heteroatoms. The lowest BCUT2D eigenvalue weighted by Crippen LogP contribution is -2.43. The minimum absolute atomic E-state index is 0.0796. The summed E-state index contributed by atoms with van der Waals surface area (Å²) in [5.41, 5.74) is 0.231. The number of rotatable bonds is 5. The normalized spacial score (nSPS) is 21.6. The van der Waals surface area contributed by atoms with Gasteiger partial charge in [-0.3, -0.25) is 9.59 Å². The summed E-state index contributed by atoms with van der Waals surface area (Å²) < 4.78 is 1.41. The SMILES string of the molecule is CCCCn1nc(C(=O)N(C)C2CCCCC2C)ccc1=O.